The molecular formula is C22H27N3O4. The summed E-state index contributed by atoms with van der Waals surface area (Å²) in [5, 5.41) is 2.59. The van der Waals surface area contributed by atoms with E-state index in [0.29, 0.717) is 18.0 Å². The van der Waals surface area contributed by atoms with E-state index in [-0.39, 0.29) is 24.9 Å². The van der Waals surface area contributed by atoms with Crippen LogP contribution in [-0.4, -0.2) is 57.1 Å². The maximum absolute atomic E-state index is 13.1. The van der Waals surface area contributed by atoms with Gasteiger partial charge < -0.3 is 19.7 Å². The zero-order chi connectivity index (χ0) is 21.0. The second-order valence-electron chi connectivity index (χ2n) is 7.18. The zero-order valence-electron chi connectivity index (χ0n) is 17.3. The second-order valence-corrected chi connectivity index (χ2v) is 7.18. The van der Waals surface area contributed by atoms with E-state index in [0.717, 1.165) is 16.9 Å². The minimum absolute atomic E-state index is 0.0937. The molecule has 0 unspecified atom stereocenters. The van der Waals surface area contributed by atoms with Gasteiger partial charge in [0.05, 0.1) is 25.9 Å². The number of likely N-dealkylation sites (N-methyl/N-ethyl adjacent to an activating group) is 2. The molecule has 1 heterocycles. The van der Waals surface area contributed by atoms with Gasteiger partial charge in [0, 0.05) is 19.2 Å². The highest BCUT2D eigenvalue weighted by Gasteiger charge is 2.33. The van der Waals surface area contributed by atoms with Crippen LogP contribution in [0.15, 0.2) is 42.5 Å². The highest BCUT2D eigenvalue weighted by Crippen LogP contribution is 2.33. The molecule has 0 radical (unpaired) electrons. The molecule has 7 heteroatoms. The van der Waals surface area contributed by atoms with E-state index in [2.05, 4.69) is 11.4 Å². The lowest BCUT2D eigenvalue weighted by molar-refractivity contribution is -0.128. The fraction of sp³-hybridized carbons (Fsp3) is 0.364. The van der Waals surface area contributed by atoms with Crippen LogP contribution in [0.5, 0.6) is 11.5 Å². The number of hydrogen-bond donors (Lipinski definition) is 1. The summed E-state index contributed by atoms with van der Waals surface area (Å²) >= 11 is 0. The highest BCUT2D eigenvalue weighted by molar-refractivity contribution is 5.98. The van der Waals surface area contributed by atoms with Crippen molar-refractivity contribution in [3.8, 4) is 11.5 Å². The molecular weight excluding hydrogens is 370 g/mol. The first-order valence-electron chi connectivity index (χ1n) is 9.52. The van der Waals surface area contributed by atoms with Crippen LogP contribution in [0.3, 0.4) is 0 Å². The van der Waals surface area contributed by atoms with Crippen molar-refractivity contribution in [1.82, 2.24) is 10.2 Å². The highest BCUT2D eigenvalue weighted by atomic mass is 16.5. The number of hydrogen-bond acceptors (Lipinski definition) is 5. The lowest BCUT2D eigenvalue weighted by Gasteiger charge is -2.34. The van der Waals surface area contributed by atoms with Crippen molar-refractivity contribution in [3.05, 3.63) is 53.6 Å². The molecule has 1 aliphatic rings. The Morgan fingerprint density at radius 2 is 2.03 bits per heavy atom. The quantitative estimate of drug-likeness (QED) is 0.807. The Hall–Kier alpha value is -3.06. The fourth-order valence-corrected chi connectivity index (χ4v) is 3.46. The first kappa shape index (κ1) is 20.7. The molecule has 0 bridgehead atoms. The van der Waals surface area contributed by atoms with Crippen LogP contribution in [0.25, 0.3) is 0 Å². The Morgan fingerprint density at radius 1 is 1.28 bits per heavy atom. The number of methoxy groups -OCH3 is 1. The summed E-state index contributed by atoms with van der Waals surface area (Å²) in [6.45, 7) is 2.97. The van der Waals surface area contributed by atoms with Crippen molar-refractivity contribution in [1.29, 1.82) is 0 Å². The van der Waals surface area contributed by atoms with Gasteiger partial charge in [-0.1, -0.05) is 29.8 Å². The molecule has 154 valence electrons. The molecule has 0 aromatic heterocycles. The lowest BCUT2D eigenvalue weighted by atomic mass is 10.1. The number of benzene rings is 2. The van der Waals surface area contributed by atoms with Crippen LogP contribution in [0.4, 0.5) is 5.69 Å². The largest absolute Gasteiger partial charge is 0.496 e. The smallest absolute Gasteiger partial charge is 0.262 e. The summed E-state index contributed by atoms with van der Waals surface area (Å²) in [4.78, 5) is 28.8. The van der Waals surface area contributed by atoms with Gasteiger partial charge in [-0.25, -0.2) is 0 Å². The van der Waals surface area contributed by atoms with Crippen LogP contribution < -0.4 is 19.7 Å². The molecule has 2 aromatic carbocycles. The third kappa shape index (κ3) is 4.68. The Bertz CT molecular complexity index is 899. The Morgan fingerprint density at radius 3 is 2.76 bits per heavy atom. The first-order chi connectivity index (χ1) is 13.9. The summed E-state index contributed by atoms with van der Waals surface area (Å²) < 4.78 is 11.2. The summed E-state index contributed by atoms with van der Waals surface area (Å²) in [6, 6.07) is 13.3. The second kappa shape index (κ2) is 8.96. The first-order valence-corrected chi connectivity index (χ1v) is 9.52. The Balaban J connectivity index is 1.75. The molecule has 2 aromatic rings. The molecule has 0 fully saturated rings. The summed E-state index contributed by atoms with van der Waals surface area (Å²) in [5.74, 6) is 0.980. The molecule has 0 aliphatic carbocycles. The zero-order valence-corrected chi connectivity index (χ0v) is 17.3. The van der Waals surface area contributed by atoms with Gasteiger partial charge in [-0.3, -0.25) is 14.5 Å². The van der Waals surface area contributed by atoms with E-state index >= 15 is 0 Å². The van der Waals surface area contributed by atoms with Crippen LogP contribution in [0, 0.1) is 6.92 Å². The Kier molecular flexibility index (Phi) is 6.39. The number of rotatable bonds is 6. The third-order valence-electron chi connectivity index (χ3n) is 4.89. The number of nitrogens with zero attached hydrogens (tertiary/aromatic N) is 2. The van der Waals surface area contributed by atoms with Gasteiger partial charge in [0.25, 0.3) is 5.91 Å². The van der Waals surface area contributed by atoms with Gasteiger partial charge in [-0.05, 0) is 32.2 Å². The third-order valence-corrected chi connectivity index (χ3v) is 4.89. The lowest BCUT2D eigenvalue weighted by Crippen LogP contribution is -2.51. The number of amides is 2. The summed E-state index contributed by atoms with van der Waals surface area (Å²) in [6.07, 6.45) is -0.735. The minimum atomic E-state index is -0.735. The van der Waals surface area contributed by atoms with Crippen LogP contribution in [-0.2, 0) is 16.1 Å². The normalized spacial score (nSPS) is 15.5. The van der Waals surface area contributed by atoms with Gasteiger partial charge in [-0.2, -0.15) is 0 Å². The Labute approximate surface area is 171 Å². The molecule has 29 heavy (non-hydrogen) atoms. The molecule has 1 aliphatic heterocycles. The van der Waals surface area contributed by atoms with Crippen molar-refractivity contribution >= 4 is 17.5 Å². The van der Waals surface area contributed by atoms with Gasteiger partial charge >= 0.3 is 0 Å². The number of carbonyl (C=O) groups excluding carboxylic acids is 2. The van der Waals surface area contributed by atoms with Gasteiger partial charge in [0.15, 0.2) is 6.10 Å². The van der Waals surface area contributed by atoms with Crippen LogP contribution in [0.2, 0.25) is 0 Å². The molecule has 1 N–H and O–H groups in total. The number of aryl methyl sites for hydroxylation is 1. The number of ether oxygens (including phenoxy) is 2. The number of anilines is 1. The molecule has 7 nitrogen and oxygen atoms in total. The van der Waals surface area contributed by atoms with E-state index in [1.54, 1.807) is 25.1 Å². The number of para-hydroxylation sites is 2. The topological polar surface area (TPSA) is 71.1 Å². The average Bonchev–Trinajstić information content (AvgIpc) is 2.72. The molecule has 0 spiro atoms. The van der Waals surface area contributed by atoms with Gasteiger partial charge in [0.1, 0.15) is 11.5 Å². The van der Waals surface area contributed by atoms with E-state index in [1.807, 2.05) is 49.2 Å². The van der Waals surface area contributed by atoms with E-state index in [1.165, 1.54) is 0 Å². The maximum Gasteiger partial charge on any atom is 0.262 e. The molecule has 2 amide bonds. The average molecular weight is 397 g/mol. The molecule has 0 saturated heterocycles. The van der Waals surface area contributed by atoms with Gasteiger partial charge in [0.2, 0.25) is 5.91 Å². The SMILES string of the molecule is CNC(=O)[C@H]1CN(C(=O)CN(C)Cc2cc(C)ccc2OC)c2ccccc2O1. The number of carbonyl (C=O) groups is 2. The monoisotopic (exact) mass is 397 g/mol. The standard InChI is InChI=1S/C22H27N3O4/c1-15-9-10-18(28-4)16(11-15)12-24(3)14-21(26)25-13-20(22(27)23-2)29-19-8-6-5-7-17(19)25/h5-11,20H,12-14H2,1-4H3,(H,23,27)/t20-/m1/s1. The number of nitrogens with one attached hydrogen (secondary N) is 1. The predicted octanol–water partition coefficient (Wildman–Crippen LogP) is 1.98. The molecule has 3 rings (SSSR count). The van der Waals surface area contributed by atoms with E-state index < -0.39 is 6.10 Å². The summed E-state index contributed by atoms with van der Waals surface area (Å²) in [5.41, 5.74) is 2.84. The number of fused-ring (bicyclic) bond motifs is 1. The van der Waals surface area contributed by atoms with Gasteiger partial charge in [-0.15, -0.1) is 0 Å². The minimum Gasteiger partial charge on any atom is -0.496 e. The predicted molar refractivity (Wildman–Crippen MR) is 111 cm³/mol. The van der Waals surface area contributed by atoms with Crippen LogP contribution in [0.1, 0.15) is 11.1 Å². The van der Waals surface area contributed by atoms with Crippen LogP contribution >= 0.6 is 0 Å². The molecule has 0 saturated carbocycles. The van der Waals surface area contributed by atoms with E-state index in [4.69, 9.17) is 9.47 Å². The summed E-state index contributed by atoms with van der Waals surface area (Å²) in [7, 11) is 5.09. The van der Waals surface area contributed by atoms with Crippen molar-refractivity contribution in [2.24, 2.45) is 0 Å². The van der Waals surface area contributed by atoms with Crippen molar-refractivity contribution in [2.45, 2.75) is 19.6 Å². The maximum atomic E-state index is 13.1. The molecule has 1 atom stereocenters. The van der Waals surface area contributed by atoms with Crippen molar-refractivity contribution in [2.75, 3.05) is 39.2 Å². The van der Waals surface area contributed by atoms with Crippen molar-refractivity contribution < 1.29 is 19.1 Å². The van der Waals surface area contributed by atoms with Crippen molar-refractivity contribution in [3.63, 3.8) is 0 Å². The van der Waals surface area contributed by atoms with E-state index in [9.17, 15) is 9.59 Å². The fourth-order valence-electron chi connectivity index (χ4n) is 3.46.